The molecule has 3 N–H and O–H groups in total. The van der Waals surface area contributed by atoms with Crippen LogP contribution in [0.5, 0.6) is 0 Å². The highest BCUT2D eigenvalue weighted by Crippen LogP contribution is 2.20. The quantitative estimate of drug-likeness (QED) is 0.671. The van der Waals surface area contributed by atoms with E-state index >= 15 is 0 Å². The zero-order chi connectivity index (χ0) is 12.0. The van der Waals surface area contributed by atoms with Gasteiger partial charge in [-0.2, -0.15) is 0 Å². The standard InChI is InChI=1S/C12H24N2O2/c1-3-12(2,13)11(15)14-8-9-16-10-6-4-5-7-10/h10H,3-9,13H2,1-2H3,(H,14,15). The predicted molar refractivity (Wildman–Crippen MR) is 64.1 cm³/mol. The Morgan fingerprint density at radius 3 is 2.69 bits per heavy atom. The summed E-state index contributed by atoms with van der Waals surface area (Å²) in [5, 5.41) is 2.81. The molecule has 1 fully saturated rings. The van der Waals surface area contributed by atoms with Crippen LogP contribution in [-0.2, 0) is 9.53 Å². The highest BCUT2D eigenvalue weighted by molar-refractivity contribution is 5.85. The van der Waals surface area contributed by atoms with Crippen molar-refractivity contribution in [3.63, 3.8) is 0 Å². The molecule has 0 spiro atoms. The van der Waals surface area contributed by atoms with Gasteiger partial charge in [0.15, 0.2) is 0 Å². The van der Waals surface area contributed by atoms with E-state index in [1.165, 1.54) is 12.8 Å². The van der Waals surface area contributed by atoms with Gasteiger partial charge in [0.2, 0.25) is 5.91 Å². The molecule has 0 aromatic rings. The summed E-state index contributed by atoms with van der Waals surface area (Å²) in [6.45, 7) is 4.81. The number of nitrogens with one attached hydrogen (secondary N) is 1. The van der Waals surface area contributed by atoms with Gasteiger partial charge in [0.1, 0.15) is 0 Å². The Balaban J connectivity index is 2.08. The SMILES string of the molecule is CCC(C)(N)C(=O)NCCOC1CCCC1. The van der Waals surface area contributed by atoms with E-state index < -0.39 is 5.54 Å². The van der Waals surface area contributed by atoms with E-state index in [2.05, 4.69) is 5.32 Å². The molecule has 1 aliphatic carbocycles. The van der Waals surface area contributed by atoms with E-state index in [0.29, 0.717) is 25.7 Å². The molecule has 0 aromatic heterocycles. The van der Waals surface area contributed by atoms with Gasteiger partial charge in [-0.25, -0.2) is 0 Å². The Hall–Kier alpha value is -0.610. The molecular formula is C12H24N2O2. The van der Waals surface area contributed by atoms with E-state index in [9.17, 15) is 4.79 Å². The monoisotopic (exact) mass is 228 g/mol. The normalized spacial score (nSPS) is 20.7. The second-order valence-electron chi connectivity index (χ2n) is 4.80. The van der Waals surface area contributed by atoms with Crippen molar-refractivity contribution in [2.75, 3.05) is 13.2 Å². The summed E-state index contributed by atoms with van der Waals surface area (Å²) in [4.78, 5) is 11.6. The van der Waals surface area contributed by atoms with Crippen molar-refractivity contribution < 1.29 is 9.53 Å². The molecule has 4 heteroatoms. The fraction of sp³-hybridized carbons (Fsp3) is 0.917. The maximum Gasteiger partial charge on any atom is 0.239 e. The third-order valence-corrected chi connectivity index (χ3v) is 3.30. The summed E-state index contributed by atoms with van der Waals surface area (Å²) in [5.41, 5.74) is 5.05. The van der Waals surface area contributed by atoms with Crippen LogP contribution in [0.25, 0.3) is 0 Å². The van der Waals surface area contributed by atoms with Crippen LogP contribution in [0, 0.1) is 0 Å². The molecule has 16 heavy (non-hydrogen) atoms. The zero-order valence-corrected chi connectivity index (χ0v) is 10.4. The van der Waals surface area contributed by atoms with Crippen LogP contribution in [0.2, 0.25) is 0 Å². The van der Waals surface area contributed by atoms with Gasteiger partial charge in [-0.3, -0.25) is 4.79 Å². The third kappa shape index (κ3) is 4.10. The van der Waals surface area contributed by atoms with Gasteiger partial charge in [0, 0.05) is 6.54 Å². The Kier molecular flexibility index (Phi) is 5.22. The lowest BCUT2D eigenvalue weighted by Crippen LogP contribution is -2.51. The average molecular weight is 228 g/mol. The van der Waals surface area contributed by atoms with Crippen LogP contribution in [0.15, 0.2) is 0 Å². The minimum Gasteiger partial charge on any atom is -0.376 e. The number of ether oxygens (including phenoxy) is 1. The number of hydrogen-bond acceptors (Lipinski definition) is 3. The molecule has 1 rings (SSSR count). The molecule has 1 amide bonds. The summed E-state index contributed by atoms with van der Waals surface area (Å²) in [7, 11) is 0. The van der Waals surface area contributed by atoms with Crippen molar-refractivity contribution in [1.29, 1.82) is 0 Å². The van der Waals surface area contributed by atoms with Crippen LogP contribution in [0.4, 0.5) is 0 Å². The van der Waals surface area contributed by atoms with Crippen molar-refractivity contribution in [3.05, 3.63) is 0 Å². The Labute approximate surface area is 97.9 Å². The van der Waals surface area contributed by atoms with E-state index in [-0.39, 0.29) is 5.91 Å². The van der Waals surface area contributed by atoms with Gasteiger partial charge < -0.3 is 15.8 Å². The maximum atomic E-state index is 11.6. The summed E-state index contributed by atoms with van der Waals surface area (Å²) in [6, 6.07) is 0. The van der Waals surface area contributed by atoms with Crippen molar-refractivity contribution in [2.45, 2.75) is 57.6 Å². The Morgan fingerprint density at radius 1 is 1.50 bits per heavy atom. The van der Waals surface area contributed by atoms with Crippen LogP contribution >= 0.6 is 0 Å². The van der Waals surface area contributed by atoms with Crippen LogP contribution in [0.1, 0.15) is 46.0 Å². The molecule has 94 valence electrons. The number of rotatable bonds is 6. The van der Waals surface area contributed by atoms with Crippen LogP contribution < -0.4 is 11.1 Å². The average Bonchev–Trinajstić information content (AvgIpc) is 2.76. The molecule has 1 aliphatic rings. The molecule has 0 aliphatic heterocycles. The minimum atomic E-state index is -0.757. The fourth-order valence-electron chi connectivity index (χ4n) is 1.81. The fourth-order valence-corrected chi connectivity index (χ4v) is 1.81. The molecule has 0 radical (unpaired) electrons. The van der Waals surface area contributed by atoms with Gasteiger partial charge >= 0.3 is 0 Å². The lowest BCUT2D eigenvalue weighted by molar-refractivity contribution is -0.126. The predicted octanol–water partition coefficient (Wildman–Crippen LogP) is 1.19. The van der Waals surface area contributed by atoms with E-state index in [1.807, 2.05) is 6.92 Å². The summed E-state index contributed by atoms with van der Waals surface area (Å²) in [6.07, 6.45) is 5.92. The molecule has 1 unspecified atom stereocenters. The number of carbonyl (C=O) groups is 1. The first kappa shape index (κ1) is 13.5. The zero-order valence-electron chi connectivity index (χ0n) is 10.4. The Morgan fingerprint density at radius 2 is 2.12 bits per heavy atom. The molecule has 0 saturated heterocycles. The number of amides is 1. The summed E-state index contributed by atoms with van der Waals surface area (Å²) >= 11 is 0. The largest absolute Gasteiger partial charge is 0.376 e. The molecular weight excluding hydrogens is 204 g/mol. The molecule has 0 heterocycles. The van der Waals surface area contributed by atoms with Crippen LogP contribution in [-0.4, -0.2) is 30.7 Å². The van der Waals surface area contributed by atoms with Crippen LogP contribution in [0.3, 0.4) is 0 Å². The van der Waals surface area contributed by atoms with Gasteiger partial charge in [-0.15, -0.1) is 0 Å². The van der Waals surface area contributed by atoms with Gasteiger partial charge in [-0.05, 0) is 26.2 Å². The molecule has 0 aromatic carbocycles. The molecule has 1 saturated carbocycles. The van der Waals surface area contributed by atoms with Gasteiger partial charge in [0.05, 0.1) is 18.2 Å². The molecule has 0 bridgehead atoms. The lowest BCUT2D eigenvalue weighted by atomic mass is 10.00. The van der Waals surface area contributed by atoms with E-state index in [1.54, 1.807) is 6.92 Å². The van der Waals surface area contributed by atoms with Crippen molar-refractivity contribution in [3.8, 4) is 0 Å². The van der Waals surface area contributed by atoms with E-state index in [4.69, 9.17) is 10.5 Å². The summed E-state index contributed by atoms with van der Waals surface area (Å²) < 4.78 is 5.64. The summed E-state index contributed by atoms with van der Waals surface area (Å²) in [5.74, 6) is -0.0926. The topological polar surface area (TPSA) is 64.4 Å². The van der Waals surface area contributed by atoms with Crippen molar-refractivity contribution >= 4 is 5.91 Å². The smallest absolute Gasteiger partial charge is 0.239 e. The maximum absolute atomic E-state index is 11.6. The highest BCUT2D eigenvalue weighted by Gasteiger charge is 2.25. The first-order valence-corrected chi connectivity index (χ1v) is 6.25. The third-order valence-electron chi connectivity index (χ3n) is 3.30. The molecule has 1 atom stereocenters. The molecule has 4 nitrogen and oxygen atoms in total. The van der Waals surface area contributed by atoms with Crippen molar-refractivity contribution in [2.24, 2.45) is 5.73 Å². The second kappa shape index (κ2) is 6.21. The second-order valence-corrected chi connectivity index (χ2v) is 4.80. The first-order valence-electron chi connectivity index (χ1n) is 6.25. The first-order chi connectivity index (χ1) is 7.56. The van der Waals surface area contributed by atoms with E-state index in [0.717, 1.165) is 12.8 Å². The Bertz CT molecular complexity index is 223. The highest BCUT2D eigenvalue weighted by atomic mass is 16.5. The van der Waals surface area contributed by atoms with Crippen molar-refractivity contribution in [1.82, 2.24) is 5.32 Å². The van der Waals surface area contributed by atoms with Gasteiger partial charge in [0.25, 0.3) is 0 Å². The minimum absolute atomic E-state index is 0.0926. The number of nitrogens with two attached hydrogens (primary N) is 1. The van der Waals surface area contributed by atoms with Gasteiger partial charge in [-0.1, -0.05) is 19.8 Å². The number of hydrogen-bond donors (Lipinski definition) is 2. The number of carbonyl (C=O) groups excluding carboxylic acids is 1. The lowest BCUT2D eigenvalue weighted by Gasteiger charge is -2.21.